The second-order valence-electron chi connectivity index (χ2n) is 4.30. The van der Waals surface area contributed by atoms with Gasteiger partial charge in [0.25, 0.3) is 0 Å². The van der Waals surface area contributed by atoms with Gasteiger partial charge in [-0.3, -0.25) is 0 Å². The van der Waals surface area contributed by atoms with Crippen LogP contribution in [0.2, 0.25) is 0 Å². The predicted molar refractivity (Wildman–Crippen MR) is 68.0 cm³/mol. The number of hydrogen-bond donors (Lipinski definition) is 1. The summed E-state index contributed by atoms with van der Waals surface area (Å²) in [5, 5.41) is 12.3. The van der Waals surface area contributed by atoms with Crippen LogP contribution in [0.3, 0.4) is 0 Å². The van der Waals surface area contributed by atoms with Crippen molar-refractivity contribution >= 4 is 0 Å². The van der Waals surface area contributed by atoms with Gasteiger partial charge in [0.05, 0.1) is 38.4 Å². The van der Waals surface area contributed by atoms with Gasteiger partial charge in [-0.25, -0.2) is 0 Å². The second kappa shape index (κ2) is 7.12. The molecule has 2 atom stereocenters. The lowest BCUT2D eigenvalue weighted by Crippen LogP contribution is -2.38. The summed E-state index contributed by atoms with van der Waals surface area (Å²) < 4.78 is 10.9. The fourth-order valence-electron chi connectivity index (χ4n) is 2.01. The summed E-state index contributed by atoms with van der Waals surface area (Å²) in [6.45, 7) is 2.67. The number of rotatable bonds is 5. The zero-order chi connectivity index (χ0) is 12.6. The molecule has 1 saturated heterocycles. The number of nitriles is 1. The molecule has 1 N–H and O–H groups in total. The normalized spacial score (nSPS) is 21.2. The lowest BCUT2D eigenvalue weighted by Gasteiger charge is -2.25. The third-order valence-corrected chi connectivity index (χ3v) is 2.97. The van der Waals surface area contributed by atoms with Crippen LogP contribution < -0.4 is 5.32 Å². The standard InChI is InChI=1S/C14H18N2O2/c15-7-6-14(12-4-2-1-3-5-12)16-10-13-11-17-8-9-18-13/h1-5,13-14,16H,6,8-11H2. The lowest BCUT2D eigenvalue weighted by molar-refractivity contribution is -0.0870. The molecule has 0 bridgehead atoms. The van der Waals surface area contributed by atoms with Crippen molar-refractivity contribution < 1.29 is 9.47 Å². The molecule has 0 aromatic heterocycles. The maximum atomic E-state index is 8.89. The number of nitrogens with one attached hydrogen (secondary N) is 1. The summed E-state index contributed by atoms with van der Waals surface area (Å²) in [5.41, 5.74) is 1.13. The van der Waals surface area contributed by atoms with Gasteiger partial charge in [0, 0.05) is 12.6 Å². The van der Waals surface area contributed by atoms with Crippen molar-refractivity contribution in [2.75, 3.05) is 26.4 Å². The van der Waals surface area contributed by atoms with Crippen LogP contribution in [0.15, 0.2) is 30.3 Å². The second-order valence-corrected chi connectivity index (χ2v) is 4.30. The molecule has 1 aliphatic rings. The van der Waals surface area contributed by atoms with Crippen LogP contribution in [-0.4, -0.2) is 32.5 Å². The minimum Gasteiger partial charge on any atom is -0.376 e. The Morgan fingerprint density at radius 2 is 2.17 bits per heavy atom. The molecule has 2 rings (SSSR count). The van der Waals surface area contributed by atoms with Crippen LogP contribution in [-0.2, 0) is 9.47 Å². The number of hydrogen-bond acceptors (Lipinski definition) is 4. The number of benzene rings is 1. The Morgan fingerprint density at radius 1 is 1.33 bits per heavy atom. The van der Waals surface area contributed by atoms with Crippen LogP contribution in [0.25, 0.3) is 0 Å². The first kappa shape index (κ1) is 13.0. The van der Waals surface area contributed by atoms with Crippen LogP contribution in [0.5, 0.6) is 0 Å². The van der Waals surface area contributed by atoms with Crippen molar-refractivity contribution in [2.45, 2.75) is 18.6 Å². The van der Waals surface area contributed by atoms with E-state index in [1.54, 1.807) is 0 Å². The molecule has 0 spiro atoms. The maximum Gasteiger partial charge on any atom is 0.0933 e. The smallest absolute Gasteiger partial charge is 0.0933 e. The molecule has 18 heavy (non-hydrogen) atoms. The summed E-state index contributed by atoms with van der Waals surface area (Å²) in [5.74, 6) is 0. The highest BCUT2D eigenvalue weighted by Gasteiger charge is 2.17. The van der Waals surface area contributed by atoms with Gasteiger partial charge in [0.15, 0.2) is 0 Å². The van der Waals surface area contributed by atoms with Crippen molar-refractivity contribution in [1.29, 1.82) is 5.26 Å². The number of ether oxygens (including phenoxy) is 2. The van der Waals surface area contributed by atoms with E-state index in [1.165, 1.54) is 0 Å². The molecule has 1 aliphatic heterocycles. The van der Waals surface area contributed by atoms with Gasteiger partial charge in [-0.2, -0.15) is 5.26 Å². The highest BCUT2D eigenvalue weighted by Crippen LogP contribution is 2.16. The lowest BCUT2D eigenvalue weighted by atomic mass is 10.0. The van der Waals surface area contributed by atoms with Crippen LogP contribution in [0, 0.1) is 11.3 Å². The van der Waals surface area contributed by atoms with E-state index in [0.29, 0.717) is 32.8 Å². The van der Waals surface area contributed by atoms with Crippen molar-refractivity contribution in [3.05, 3.63) is 35.9 Å². The molecule has 96 valence electrons. The molecule has 0 amide bonds. The molecule has 0 saturated carbocycles. The topological polar surface area (TPSA) is 54.3 Å². The molecule has 0 radical (unpaired) electrons. The van der Waals surface area contributed by atoms with E-state index in [4.69, 9.17) is 14.7 Å². The van der Waals surface area contributed by atoms with Crippen molar-refractivity contribution in [3.63, 3.8) is 0 Å². The van der Waals surface area contributed by atoms with Gasteiger partial charge >= 0.3 is 0 Å². The molecule has 1 aromatic carbocycles. The third-order valence-electron chi connectivity index (χ3n) is 2.97. The van der Waals surface area contributed by atoms with Gasteiger partial charge in [-0.1, -0.05) is 30.3 Å². The van der Waals surface area contributed by atoms with Gasteiger partial charge in [0.2, 0.25) is 0 Å². The Kier molecular flexibility index (Phi) is 5.15. The van der Waals surface area contributed by atoms with Crippen molar-refractivity contribution in [1.82, 2.24) is 5.32 Å². The Bertz CT molecular complexity index is 383. The largest absolute Gasteiger partial charge is 0.376 e. The van der Waals surface area contributed by atoms with Gasteiger partial charge in [-0.05, 0) is 5.56 Å². The van der Waals surface area contributed by atoms with E-state index in [1.807, 2.05) is 30.3 Å². The van der Waals surface area contributed by atoms with E-state index in [-0.39, 0.29) is 12.1 Å². The molecule has 2 unspecified atom stereocenters. The molecule has 4 nitrogen and oxygen atoms in total. The predicted octanol–water partition coefficient (Wildman–Crippen LogP) is 1.65. The summed E-state index contributed by atoms with van der Waals surface area (Å²) >= 11 is 0. The molecular formula is C14H18N2O2. The summed E-state index contributed by atoms with van der Waals surface area (Å²) in [6, 6.07) is 12.3. The molecule has 1 heterocycles. The molecular weight excluding hydrogens is 228 g/mol. The summed E-state index contributed by atoms with van der Waals surface area (Å²) in [4.78, 5) is 0. The van der Waals surface area contributed by atoms with E-state index in [9.17, 15) is 0 Å². The first-order valence-electron chi connectivity index (χ1n) is 6.25. The fourth-order valence-corrected chi connectivity index (χ4v) is 2.01. The molecule has 4 heteroatoms. The average molecular weight is 246 g/mol. The van der Waals surface area contributed by atoms with Gasteiger partial charge in [0.1, 0.15) is 0 Å². The quantitative estimate of drug-likeness (QED) is 0.858. The van der Waals surface area contributed by atoms with Gasteiger partial charge in [-0.15, -0.1) is 0 Å². The summed E-state index contributed by atoms with van der Waals surface area (Å²) in [6.07, 6.45) is 0.543. The molecule has 1 fully saturated rings. The van der Waals surface area contributed by atoms with Crippen LogP contribution >= 0.6 is 0 Å². The fraction of sp³-hybridized carbons (Fsp3) is 0.500. The zero-order valence-corrected chi connectivity index (χ0v) is 10.3. The van der Waals surface area contributed by atoms with E-state index < -0.39 is 0 Å². The van der Waals surface area contributed by atoms with E-state index in [0.717, 1.165) is 5.56 Å². The zero-order valence-electron chi connectivity index (χ0n) is 10.3. The summed E-state index contributed by atoms with van der Waals surface area (Å²) in [7, 11) is 0. The van der Waals surface area contributed by atoms with Crippen molar-refractivity contribution in [3.8, 4) is 6.07 Å². The Labute approximate surface area is 108 Å². The maximum absolute atomic E-state index is 8.89. The third kappa shape index (κ3) is 3.81. The molecule has 1 aromatic rings. The highest BCUT2D eigenvalue weighted by atomic mass is 16.6. The first-order chi connectivity index (χ1) is 8.90. The Hall–Kier alpha value is -1.41. The average Bonchev–Trinajstić information content (AvgIpc) is 2.45. The first-order valence-corrected chi connectivity index (χ1v) is 6.25. The SMILES string of the molecule is N#CCC(NCC1COCCO1)c1ccccc1. The van der Waals surface area contributed by atoms with Gasteiger partial charge < -0.3 is 14.8 Å². The minimum atomic E-state index is 0.0572. The Balaban J connectivity index is 1.88. The number of nitrogens with zero attached hydrogens (tertiary/aromatic N) is 1. The molecule has 0 aliphatic carbocycles. The highest BCUT2D eigenvalue weighted by molar-refractivity contribution is 5.19. The van der Waals surface area contributed by atoms with E-state index in [2.05, 4.69) is 11.4 Å². The Morgan fingerprint density at radius 3 is 2.83 bits per heavy atom. The van der Waals surface area contributed by atoms with Crippen LogP contribution in [0.1, 0.15) is 18.0 Å². The van der Waals surface area contributed by atoms with E-state index >= 15 is 0 Å². The minimum absolute atomic E-state index is 0.0572. The van der Waals surface area contributed by atoms with Crippen LogP contribution in [0.4, 0.5) is 0 Å². The monoisotopic (exact) mass is 246 g/mol. The van der Waals surface area contributed by atoms with Crippen molar-refractivity contribution in [2.24, 2.45) is 0 Å².